The van der Waals surface area contributed by atoms with Crippen LogP contribution in [0.4, 0.5) is 4.79 Å². The summed E-state index contributed by atoms with van der Waals surface area (Å²) in [6.07, 6.45) is 8.88. The van der Waals surface area contributed by atoms with Gasteiger partial charge in [0.15, 0.2) is 0 Å². The van der Waals surface area contributed by atoms with Gasteiger partial charge < -0.3 is 15.1 Å². The van der Waals surface area contributed by atoms with Crippen molar-refractivity contribution < 1.29 is 9.59 Å². The molecule has 0 aromatic heterocycles. The molecule has 0 aromatic rings. The fraction of sp³-hybridized carbons (Fsp3) is 0.895. The monoisotopic (exact) mass is 335 g/mol. The summed E-state index contributed by atoms with van der Waals surface area (Å²) in [7, 11) is 0. The summed E-state index contributed by atoms with van der Waals surface area (Å²) in [5, 5.41) is 3.22. The summed E-state index contributed by atoms with van der Waals surface area (Å²) in [4.78, 5) is 29.3. The van der Waals surface area contributed by atoms with E-state index in [4.69, 9.17) is 0 Å². The van der Waals surface area contributed by atoms with Crippen LogP contribution in [0.3, 0.4) is 0 Å². The Hall–Kier alpha value is -1.26. The van der Waals surface area contributed by atoms with Crippen molar-refractivity contribution in [3.8, 4) is 0 Å². The minimum atomic E-state index is 0.0358. The van der Waals surface area contributed by atoms with Crippen molar-refractivity contribution in [1.82, 2.24) is 15.1 Å². The highest BCUT2D eigenvalue weighted by Crippen LogP contribution is 2.32. The van der Waals surface area contributed by atoms with Crippen LogP contribution in [0, 0.1) is 11.8 Å². The van der Waals surface area contributed by atoms with E-state index in [0.29, 0.717) is 37.4 Å². The Kier molecular flexibility index (Phi) is 5.67. The highest BCUT2D eigenvalue weighted by Gasteiger charge is 2.36. The molecule has 1 aliphatic heterocycles. The van der Waals surface area contributed by atoms with Gasteiger partial charge in [0.05, 0.1) is 6.04 Å². The number of nitrogens with zero attached hydrogens (tertiary/aromatic N) is 2. The van der Waals surface area contributed by atoms with Crippen molar-refractivity contribution in [2.45, 2.75) is 77.3 Å². The number of urea groups is 1. The molecule has 2 aliphatic carbocycles. The summed E-state index contributed by atoms with van der Waals surface area (Å²) in [6, 6.07) is 0.511. The van der Waals surface area contributed by atoms with Crippen LogP contribution in [-0.2, 0) is 4.79 Å². The van der Waals surface area contributed by atoms with Crippen LogP contribution >= 0.6 is 0 Å². The lowest BCUT2D eigenvalue weighted by Gasteiger charge is -2.35. The zero-order valence-corrected chi connectivity index (χ0v) is 15.3. The maximum atomic E-state index is 12.7. The van der Waals surface area contributed by atoms with Gasteiger partial charge in [-0.05, 0) is 37.5 Å². The zero-order valence-electron chi connectivity index (χ0n) is 15.3. The minimum absolute atomic E-state index is 0.0358. The number of carbonyl (C=O) groups is 2. The van der Waals surface area contributed by atoms with Gasteiger partial charge in [-0.3, -0.25) is 4.79 Å². The molecule has 24 heavy (non-hydrogen) atoms. The van der Waals surface area contributed by atoms with Gasteiger partial charge in [0.2, 0.25) is 5.91 Å². The first-order valence-corrected chi connectivity index (χ1v) is 9.89. The predicted molar refractivity (Wildman–Crippen MR) is 94.7 cm³/mol. The molecule has 3 fully saturated rings. The molecule has 0 spiro atoms. The van der Waals surface area contributed by atoms with Crippen LogP contribution < -0.4 is 5.32 Å². The third-order valence-electron chi connectivity index (χ3n) is 5.87. The van der Waals surface area contributed by atoms with Gasteiger partial charge in [0.25, 0.3) is 0 Å². The molecule has 1 N–H and O–H groups in total. The second-order valence-electron chi connectivity index (χ2n) is 8.28. The summed E-state index contributed by atoms with van der Waals surface area (Å²) in [6.45, 7) is 6.46. The Morgan fingerprint density at radius 3 is 2.50 bits per heavy atom. The van der Waals surface area contributed by atoms with E-state index in [-0.39, 0.29) is 18.0 Å². The molecule has 3 aliphatic rings. The quantitative estimate of drug-likeness (QED) is 0.858. The zero-order chi connectivity index (χ0) is 17.1. The molecule has 5 heteroatoms. The number of hydrogen-bond acceptors (Lipinski definition) is 2. The second-order valence-corrected chi connectivity index (χ2v) is 8.28. The van der Waals surface area contributed by atoms with Crippen LogP contribution in [0.1, 0.15) is 65.2 Å². The van der Waals surface area contributed by atoms with Gasteiger partial charge in [0, 0.05) is 32.1 Å². The van der Waals surface area contributed by atoms with Crippen LogP contribution in [0.2, 0.25) is 0 Å². The van der Waals surface area contributed by atoms with Crippen molar-refractivity contribution in [1.29, 1.82) is 0 Å². The Bertz CT molecular complexity index is 456. The molecule has 1 atom stereocenters. The van der Waals surface area contributed by atoms with E-state index in [0.717, 1.165) is 19.4 Å². The van der Waals surface area contributed by atoms with E-state index in [2.05, 4.69) is 24.1 Å². The second kappa shape index (κ2) is 7.75. The van der Waals surface area contributed by atoms with E-state index >= 15 is 0 Å². The smallest absolute Gasteiger partial charge is 0.317 e. The molecule has 1 saturated heterocycles. The molecule has 136 valence electrons. The molecular formula is C19H33N3O2. The first kappa shape index (κ1) is 17.6. The van der Waals surface area contributed by atoms with Gasteiger partial charge in [-0.25, -0.2) is 4.79 Å². The van der Waals surface area contributed by atoms with Gasteiger partial charge in [-0.2, -0.15) is 0 Å². The normalized spacial score (nSPS) is 26.6. The maximum Gasteiger partial charge on any atom is 0.317 e. The van der Waals surface area contributed by atoms with Crippen LogP contribution in [-0.4, -0.2) is 53.5 Å². The molecule has 0 aromatic carbocycles. The number of amides is 3. The standard InChI is InChI=1S/C19H33N3O2/c1-14(2)17-13-21(19(24)20-16-6-4-3-5-7-16)11-10-18(23)22(17)12-15-8-9-15/h14-17H,3-13H2,1-2H3,(H,20,24). The Morgan fingerprint density at radius 2 is 1.88 bits per heavy atom. The fourth-order valence-corrected chi connectivity index (χ4v) is 4.06. The van der Waals surface area contributed by atoms with E-state index in [9.17, 15) is 9.59 Å². The van der Waals surface area contributed by atoms with Crippen molar-refractivity contribution in [3.63, 3.8) is 0 Å². The predicted octanol–water partition coefficient (Wildman–Crippen LogP) is 3.00. The molecule has 1 heterocycles. The Balaban J connectivity index is 1.63. The average Bonchev–Trinajstić information content (AvgIpc) is 3.38. The lowest BCUT2D eigenvalue weighted by Crippen LogP contribution is -2.51. The first-order valence-electron chi connectivity index (χ1n) is 9.89. The van der Waals surface area contributed by atoms with E-state index in [1.54, 1.807) is 0 Å². The minimum Gasteiger partial charge on any atom is -0.337 e. The summed E-state index contributed by atoms with van der Waals surface area (Å²) < 4.78 is 0. The van der Waals surface area contributed by atoms with E-state index in [1.165, 1.54) is 32.1 Å². The molecule has 0 bridgehead atoms. The third kappa shape index (κ3) is 4.42. The maximum absolute atomic E-state index is 12.7. The Morgan fingerprint density at radius 1 is 1.17 bits per heavy atom. The molecule has 3 amide bonds. The lowest BCUT2D eigenvalue weighted by molar-refractivity contribution is -0.133. The first-order chi connectivity index (χ1) is 11.5. The van der Waals surface area contributed by atoms with Crippen LogP contribution in [0.5, 0.6) is 0 Å². The molecule has 1 unspecified atom stereocenters. The third-order valence-corrected chi connectivity index (χ3v) is 5.87. The largest absolute Gasteiger partial charge is 0.337 e. The fourth-order valence-electron chi connectivity index (χ4n) is 4.06. The molecular weight excluding hydrogens is 302 g/mol. The highest BCUT2D eigenvalue weighted by atomic mass is 16.2. The van der Waals surface area contributed by atoms with Crippen LogP contribution in [0.15, 0.2) is 0 Å². The highest BCUT2D eigenvalue weighted by molar-refractivity contribution is 5.80. The summed E-state index contributed by atoms with van der Waals surface area (Å²) in [5.41, 5.74) is 0. The molecule has 3 rings (SSSR count). The van der Waals surface area contributed by atoms with Crippen molar-refractivity contribution in [2.24, 2.45) is 11.8 Å². The number of carbonyl (C=O) groups excluding carboxylic acids is 2. The van der Waals surface area contributed by atoms with E-state index in [1.807, 2.05) is 4.90 Å². The topological polar surface area (TPSA) is 52.7 Å². The van der Waals surface area contributed by atoms with E-state index < -0.39 is 0 Å². The Labute approximate surface area is 146 Å². The number of hydrogen-bond donors (Lipinski definition) is 1. The van der Waals surface area contributed by atoms with Crippen molar-refractivity contribution in [3.05, 3.63) is 0 Å². The molecule has 5 nitrogen and oxygen atoms in total. The van der Waals surface area contributed by atoms with Crippen molar-refractivity contribution >= 4 is 11.9 Å². The number of nitrogens with one attached hydrogen (secondary N) is 1. The van der Waals surface area contributed by atoms with Gasteiger partial charge >= 0.3 is 6.03 Å². The summed E-state index contributed by atoms with van der Waals surface area (Å²) >= 11 is 0. The van der Waals surface area contributed by atoms with Gasteiger partial charge in [-0.15, -0.1) is 0 Å². The van der Waals surface area contributed by atoms with Crippen LogP contribution in [0.25, 0.3) is 0 Å². The van der Waals surface area contributed by atoms with Gasteiger partial charge in [0.1, 0.15) is 0 Å². The summed E-state index contributed by atoms with van der Waals surface area (Å²) in [5.74, 6) is 1.29. The average molecular weight is 335 g/mol. The van der Waals surface area contributed by atoms with Gasteiger partial charge in [-0.1, -0.05) is 33.1 Å². The van der Waals surface area contributed by atoms with Crippen molar-refractivity contribution in [2.75, 3.05) is 19.6 Å². The molecule has 2 saturated carbocycles. The lowest BCUT2D eigenvalue weighted by atomic mass is 9.96. The SMILES string of the molecule is CC(C)C1CN(C(=O)NC2CCCCC2)CCC(=O)N1CC1CC1. The number of rotatable bonds is 4. The molecule has 0 radical (unpaired) electrons.